The molecular formula is C2H5AlCl11NO2Zr. The van der Waals surface area contributed by atoms with Gasteiger partial charge in [0, 0.05) is 0 Å². The van der Waals surface area contributed by atoms with Gasteiger partial charge in [-0.15, -0.1) is 0 Å². The molecule has 18 heavy (non-hydrogen) atoms. The number of halogens is 11. The Morgan fingerprint density at radius 1 is 0.944 bits per heavy atom. The number of rotatable bonds is 1. The second kappa shape index (κ2) is 5.54. The normalized spacial score (nSPS) is 19.1. The van der Waals surface area contributed by atoms with Gasteiger partial charge in [-0.3, -0.25) is 4.79 Å². The first kappa shape index (κ1) is 26.9. The molecule has 16 heteroatoms. The Morgan fingerprint density at radius 2 is 1.00 bits per heavy atom. The molecule has 0 fully saturated rings. The fourth-order valence-corrected chi connectivity index (χ4v) is 0. The number of carbonyl (C=O) groups is 1. The van der Waals surface area contributed by atoms with Crippen LogP contribution in [-0.4, -0.2) is 29.0 Å². The first-order chi connectivity index (χ1) is 6.83. The zero-order valence-corrected chi connectivity index (χ0v) is 19.8. The van der Waals surface area contributed by atoms with Crippen LogP contribution in [0.2, 0.25) is 0 Å². The van der Waals surface area contributed by atoms with Crippen LogP contribution in [0.25, 0.3) is 0 Å². The van der Waals surface area contributed by atoms with Crippen molar-refractivity contribution < 1.29 is 14.7 Å². The van der Waals surface area contributed by atoms with Gasteiger partial charge in [-0.05, 0) is 0 Å². The molecule has 0 bridgehead atoms. The van der Waals surface area contributed by atoms with Crippen LogP contribution in [-0.2, 0) is 9.58 Å². The number of aliphatic carboxylic acids is 1. The maximum absolute atomic E-state index is 9.24. The quantitative estimate of drug-likeness (QED) is 0.360. The van der Waals surface area contributed by atoms with Gasteiger partial charge < -0.3 is 10.8 Å². The van der Waals surface area contributed by atoms with Crippen LogP contribution in [0, 0.1) is 0 Å². The van der Waals surface area contributed by atoms with Crippen LogP contribution in [0.15, 0.2) is 0 Å². The molecule has 0 amide bonds. The van der Waals surface area contributed by atoms with E-state index in [0.29, 0.717) is 0 Å². The van der Waals surface area contributed by atoms with Gasteiger partial charge in [-0.25, -0.2) is 30.1 Å². The van der Waals surface area contributed by atoms with Crippen molar-refractivity contribution in [2.45, 2.75) is 0 Å². The average Bonchev–Trinajstić information content (AvgIpc) is 1.76. The molecule has 0 aliphatic carbocycles. The SMILES string of the molecule is NCC(=O)O.[Cl][Al]([Cl])[Cl].[Cl][Zr]([Cl])([Cl])([Cl])([Cl])([Cl])([Cl])[Cl]. The van der Waals surface area contributed by atoms with Gasteiger partial charge in [0.15, 0.2) is 0 Å². The van der Waals surface area contributed by atoms with E-state index in [2.05, 4.69) is 5.73 Å². The molecule has 0 aromatic carbocycles. The van der Waals surface area contributed by atoms with Crippen LogP contribution in [0.4, 0.5) is 0 Å². The van der Waals surface area contributed by atoms with Crippen LogP contribution < -0.4 is 5.73 Å². The first-order valence-electron chi connectivity index (χ1n) is 3.36. The zero-order valence-electron chi connectivity index (χ0n) is 7.87. The molecule has 0 aromatic rings. The summed E-state index contributed by atoms with van der Waals surface area (Å²) in [6.07, 6.45) is 0. The molecule has 0 aliphatic heterocycles. The van der Waals surface area contributed by atoms with E-state index in [-0.39, 0.29) is 6.54 Å². The summed E-state index contributed by atoms with van der Waals surface area (Å²) in [5.41, 5.74) is 4.57. The topological polar surface area (TPSA) is 63.3 Å². The van der Waals surface area contributed by atoms with Crippen molar-refractivity contribution >= 4 is 116 Å². The Bertz CT molecular complexity index is 288. The third-order valence-electron chi connectivity index (χ3n) is 0.175. The van der Waals surface area contributed by atoms with E-state index in [1.54, 1.807) is 0 Å². The minimum atomic E-state index is -7.61. The summed E-state index contributed by atoms with van der Waals surface area (Å²) >= 11 is -1.72. The number of carboxylic acids is 1. The van der Waals surface area contributed by atoms with E-state index in [1.165, 1.54) is 0 Å². The molecule has 114 valence electrons. The maximum atomic E-state index is 9.24. The molecule has 3 nitrogen and oxygen atoms in total. The summed E-state index contributed by atoms with van der Waals surface area (Å²) in [7, 11) is 55.5. The van der Waals surface area contributed by atoms with E-state index in [0.717, 1.165) is 0 Å². The van der Waals surface area contributed by atoms with Gasteiger partial charge >= 0.3 is 90.2 Å². The predicted octanol–water partition coefficient (Wildman–Crippen LogP) is 6.23. The number of hydrogen-bond acceptors (Lipinski definition) is 2. The van der Waals surface area contributed by atoms with Gasteiger partial charge in [-0.2, -0.15) is 0 Å². The summed E-state index contributed by atoms with van der Waals surface area (Å²) in [5, 5.41) is 7.60. The van der Waals surface area contributed by atoms with Crippen molar-refractivity contribution in [2.75, 3.05) is 6.54 Å². The molecule has 0 saturated heterocycles. The summed E-state index contributed by atoms with van der Waals surface area (Å²) in [5.74, 6) is -0.968. The van der Waals surface area contributed by atoms with Crippen LogP contribution in [0.5, 0.6) is 0 Å². The minimum absolute atomic E-state index is 0.278. The Morgan fingerprint density at radius 3 is 1.00 bits per heavy atom. The van der Waals surface area contributed by atoms with Gasteiger partial charge in [0.1, 0.15) is 0 Å². The molecule has 0 atom stereocenters. The number of nitrogens with two attached hydrogens (primary N) is 1. The standard InChI is InChI=1S/C2H5NO2.Al.11ClH.Zr/c3-1-2(4)5;;;;;;;;;;;;;/h1,3H2,(H,4,5);;11*1H;/q;+3;;;;;;;;;;;;+8/p-11. The molecule has 0 saturated carbocycles. The van der Waals surface area contributed by atoms with E-state index in [9.17, 15) is 4.79 Å². The van der Waals surface area contributed by atoms with Crippen LogP contribution in [0.1, 0.15) is 0 Å². The molecule has 0 unspecified atom stereocenters. The monoisotopic (exact) mass is 577 g/mol. The number of carboxylic acid groups (broad SMARTS) is 1. The average molecular weight is 583 g/mol. The molecule has 3 N–H and O–H groups in total. The van der Waals surface area contributed by atoms with Crippen LogP contribution >= 0.6 is 98.3 Å². The fourth-order valence-electron chi connectivity index (χ4n) is 0. The van der Waals surface area contributed by atoms with Crippen molar-refractivity contribution in [3.05, 3.63) is 0 Å². The van der Waals surface area contributed by atoms with E-state index in [4.69, 9.17) is 103 Å². The second-order valence-corrected chi connectivity index (χ2v) is 114. The van der Waals surface area contributed by atoms with E-state index in [1.807, 2.05) is 0 Å². The summed E-state index contributed by atoms with van der Waals surface area (Å²) in [6.45, 7) is -0.278. The Labute approximate surface area is 140 Å². The molecular weight excluding hydrogens is 578 g/mol. The van der Waals surface area contributed by atoms with E-state index < -0.39 is 22.1 Å². The molecule has 0 heterocycles. The van der Waals surface area contributed by atoms with Crippen molar-refractivity contribution in [3.8, 4) is 0 Å². The predicted molar refractivity (Wildman–Crippen MR) is 86.8 cm³/mol. The van der Waals surface area contributed by atoms with Crippen molar-refractivity contribution in [2.24, 2.45) is 5.73 Å². The molecule has 0 aliphatic rings. The van der Waals surface area contributed by atoms with Gasteiger partial charge in [0.25, 0.3) is 0 Å². The van der Waals surface area contributed by atoms with Crippen LogP contribution in [0.3, 0.4) is 0 Å². The molecule has 0 rings (SSSR count). The van der Waals surface area contributed by atoms with Gasteiger partial charge in [-0.1, -0.05) is 0 Å². The zero-order chi connectivity index (χ0) is 16.2. The first-order valence-corrected chi connectivity index (χ1v) is 33.9. The molecule has 0 aromatic heterocycles. The Kier molecular flexibility index (Phi) is 8.28. The summed E-state index contributed by atoms with van der Waals surface area (Å²) in [4.78, 5) is 1.64. The second-order valence-electron chi connectivity index (χ2n) is 2.85. The third-order valence-corrected chi connectivity index (χ3v) is 0.175. The molecule has 0 spiro atoms. The van der Waals surface area contributed by atoms with Crippen molar-refractivity contribution in [1.82, 2.24) is 0 Å². The van der Waals surface area contributed by atoms with Gasteiger partial charge in [0.2, 0.25) is 0 Å². The van der Waals surface area contributed by atoms with Crippen molar-refractivity contribution in [3.63, 3.8) is 0 Å². The summed E-state index contributed by atoms with van der Waals surface area (Å²) in [6, 6.07) is 0. The Balaban J connectivity index is -0.000000212. The van der Waals surface area contributed by atoms with Crippen molar-refractivity contribution in [1.29, 1.82) is 0 Å². The third kappa shape index (κ3) is 199. The molecule has 0 radical (unpaired) electrons. The van der Waals surface area contributed by atoms with E-state index >= 15 is 0 Å². The van der Waals surface area contributed by atoms with Gasteiger partial charge in [0.05, 0.1) is 6.54 Å². The summed E-state index contributed by atoms with van der Waals surface area (Å²) < 4.78 is 0. The fraction of sp³-hybridized carbons (Fsp3) is 0.500. The Hall–Kier alpha value is 4.04. The number of hydrogen-bond donors (Lipinski definition) is 2.